The summed E-state index contributed by atoms with van der Waals surface area (Å²) in [5.41, 5.74) is 0.0657. The van der Waals surface area contributed by atoms with E-state index >= 15 is 0 Å². The lowest BCUT2D eigenvalue weighted by molar-refractivity contribution is -0.121. The molecule has 7 nitrogen and oxygen atoms in total. The van der Waals surface area contributed by atoms with E-state index < -0.39 is 11.8 Å². The number of nitrogens with one attached hydrogen (secondary N) is 1. The number of methoxy groups -OCH3 is 1. The Balaban J connectivity index is 2.08. The number of carbonyl (C=O) groups excluding carboxylic acids is 3. The number of likely N-dealkylation sites (N-methyl/N-ethyl adjacent to an activating group) is 1. The summed E-state index contributed by atoms with van der Waals surface area (Å²) in [6, 6.07) is 5.15. The molecule has 0 aliphatic carbocycles. The van der Waals surface area contributed by atoms with Crippen LogP contribution in [-0.4, -0.2) is 68.0 Å². The van der Waals surface area contributed by atoms with Gasteiger partial charge in [0.15, 0.2) is 0 Å². The minimum Gasteiger partial charge on any atom is -0.453 e. The first-order chi connectivity index (χ1) is 13.7. The Morgan fingerprint density at radius 1 is 1.21 bits per heavy atom. The molecule has 1 aliphatic heterocycles. The minimum atomic E-state index is -2.99. The zero-order valence-corrected chi connectivity index (χ0v) is 16.9. The fourth-order valence-electron chi connectivity index (χ4n) is 3.30. The van der Waals surface area contributed by atoms with Crippen molar-refractivity contribution in [3.8, 4) is 0 Å². The van der Waals surface area contributed by atoms with Crippen molar-refractivity contribution in [2.24, 2.45) is 5.92 Å². The predicted molar refractivity (Wildman–Crippen MR) is 103 cm³/mol. The fourth-order valence-corrected chi connectivity index (χ4v) is 3.30. The molecule has 0 aromatic heterocycles. The molecule has 1 saturated heterocycles. The van der Waals surface area contributed by atoms with Crippen LogP contribution in [0.3, 0.4) is 0 Å². The molecule has 1 aromatic rings. The molecular weight excluding hydrogens is 384 g/mol. The van der Waals surface area contributed by atoms with Crippen LogP contribution in [0, 0.1) is 5.92 Å². The second-order valence-corrected chi connectivity index (χ2v) is 7.23. The van der Waals surface area contributed by atoms with Crippen LogP contribution in [0.1, 0.15) is 35.7 Å². The van der Waals surface area contributed by atoms with Crippen molar-refractivity contribution < 1.29 is 27.9 Å². The maximum atomic E-state index is 13.4. The summed E-state index contributed by atoms with van der Waals surface area (Å²) in [5, 5.41) is 2.50. The van der Waals surface area contributed by atoms with Gasteiger partial charge in [-0.2, -0.15) is 0 Å². The van der Waals surface area contributed by atoms with Crippen LogP contribution in [0.2, 0.25) is 0 Å². The van der Waals surface area contributed by atoms with Crippen molar-refractivity contribution in [2.45, 2.75) is 25.7 Å². The van der Waals surface area contributed by atoms with E-state index in [1.807, 2.05) is 0 Å². The highest BCUT2D eigenvalue weighted by Gasteiger charge is 2.28. The Labute approximate surface area is 169 Å². The number of likely N-dealkylation sites (tertiary alicyclic amines) is 1. The number of piperidine rings is 1. The highest BCUT2D eigenvalue weighted by molar-refractivity contribution is 5.96. The molecular formula is C20H27F2N3O4. The number of hydrogen-bond acceptors (Lipinski definition) is 4. The molecule has 3 amide bonds. The summed E-state index contributed by atoms with van der Waals surface area (Å²) in [5.74, 6) is -3.59. The van der Waals surface area contributed by atoms with Gasteiger partial charge >= 0.3 is 6.09 Å². The van der Waals surface area contributed by atoms with Crippen molar-refractivity contribution in [3.63, 3.8) is 0 Å². The number of rotatable bonds is 6. The van der Waals surface area contributed by atoms with E-state index in [2.05, 4.69) is 5.32 Å². The number of alkyl halides is 2. The van der Waals surface area contributed by atoms with Crippen LogP contribution in [0.25, 0.3) is 0 Å². The molecule has 1 heterocycles. The summed E-state index contributed by atoms with van der Waals surface area (Å²) in [7, 11) is 2.82. The molecule has 0 unspecified atom stereocenters. The standard InChI is InChI=1S/C20H27F2N3O4/c1-20(21,22)16-6-4-15(5-7-16)18(27)25(13-17(26)23-2)12-14-8-10-24(11-9-14)19(28)29-3/h4-7,14H,8-13H2,1-3H3,(H,23,26). The second-order valence-electron chi connectivity index (χ2n) is 7.23. The lowest BCUT2D eigenvalue weighted by Crippen LogP contribution is -2.45. The lowest BCUT2D eigenvalue weighted by atomic mass is 9.96. The third-order valence-corrected chi connectivity index (χ3v) is 5.07. The van der Waals surface area contributed by atoms with E-state index in [1.54, 1.807) is 4.90 Å². The average molecular weight is 411 g/mol. The maximum Gasteiger partial charge on any atom is 0.409 e. The first kappa shape index (κ1) is 22.6. The zero-order chi connectivity index (χ0) is 21.6. The van der Waals surface area contributed by atoms with Crippen LogP contribution >= 0.6 is 0 Å². The summed E-state index contributed by atoms with van der Waals surface area (Å²) < 4.78 is 31.5. The van der Waals surface area contributed by atoms with Crippen LogP contribution in [-0.2, 0) is 15.5 Å². The van der Waals surface area contributed by atoms with E-state index in [0.717, 1.165) is 6.92 Å². The summed E-state index contributed by atoms with van der Waals surface area (Å²) >= 11 is 0. The van der Waals surface area contributed by atoms with Gasteiger partial charge in [0.2, 0.25) is 5.91 Å². The maximum absolute atomic E-state index is 13.4. The SMILES string of the molecule is CNC(=O)CN(CC1CCN(C(=O)OC)CC1)C(=O)c1ccc(C(C)(F)F)cc1. The molecule has 0 bridgehead atoms. The molecule has 1 N–H and O–H groups in total. The van der Waals surface area contributed by atoms with Gasteiger partial charge < -0.3 is 19.9 Å². The summed E-state index contributed by atoms with van der Waals surface area (Å²) in [6.45, 7) is 2.03. The van der Waals surface area contributed by atoms with Gasteiger partial charge in [0.1, 0.15) is 0 Å². The van der Waals surface area contributed by atoms with Crippen LogP contribution < -0.4 is 5.32 Å². The Kier molecular flexibility index (Phi) is 7.53. The van der Waals surface area contributed by atoms with Gasteiger partial charge in [-0.25, -0.2) is 13.6 Å². The molecule has 0 spiro atoms. The molecule has 1 aliphatic rings. The molecule has 0 atom stereocenters. The molecule has 29 heavy (non-hydrogen) atoms. The third kappa shape index (κ3) is 6.13. The number of carbonyl (C=O) groups is 3. The quantitative estimate of drug-likeness (QED) is 0.780. The van der Waals surface area contributed by atoms with Gasteiger partial charge in [-0.05, 0) is 30.9 Å². The Morgan fingerprint density at radius 2 is 1.79 bits per heavy atom. The van der Waals surface area contributed by atoms with Crippen molar-refractivity contribution in [2.75, 3.05) is 40.3 Å². The number of amides is 3. The van der Waals surface area contributed by atoms with Crippen LogP contribution in [0.4, 0.5) is 13.6 Å². The van der Waals surface area contributed by atoms with Crippen molar-refractivity contribution in [1.29, 1.82) is 0 Å². The molecule has 1 fully saturated rings. The molecule has 2 rings (SSSR count). The van der Waals surface area contributed by atoms with E-state index in [4.69, 9.17) is 4.74 Å². The smallest absolute Gasteiger partial charge is 0.409 e. The summed E-state index contributed by atoms with van der Waals surface area (Å²) in [6.07, 6.45) is 0.968. The van der Waals surface area contributed by atoms with Crippen molar-refractivity contribution >= 4 is 17.9 Å². The predicted octanol–water partition coefficient (Wildman–Crippen LogP) is 2.46. The molecule has 1 aromatic carbocycles. The molecule has 0 radical (unpaired) electrons. The van der Waals surface area contributed by atoms with Crippen molar-refractivity contribution in [1.82, 2.24) is 15.1 Å². The Morgan fingerprint density at radius 3 is 2.28 bits per heavy atom. The first-order valence-electron chi connectivity index (χ1n) is 9.46. The number of nitrogens with zero attached hydrogens (tertiary/aromatic N) is 2. The summed E-state index contributed by atoms with van der Waals surface area (Å²) in [4.78, 5) is 39.4. The number of ether oxygens (including phenoxy) is 1. The topological polar surface area (TPSA) is 79.0 Å². The van der Waals surface area contributed by atoms with E-state index in [9.17, 15) is 23.2 Å². The Bertz CT molecular complexity index is 726. The van der Waals surface area contributed by atoms with E-state index in [1.165, 1.54) is 43.3 Å². The second kappa shape index (κ2) is 9.67. The normalized spacial score (nSPS) is 15.0. The van der Waals surface area contributed by atoms with E-state index in [0.29, 0.717) is 32.5 Å². The van der Waals surface area contributed by atoms with Gasteiger partial charge in [0.25, 0.3) is 11.8 Å². The highest BCUT2D eigenvalue weighted by atomic mass is 19.3. The number of halogens is 2. The molecule has 0 saturated carbocycles. The van der Waals surface area contributed by atoms with Gasteiger partial charge in [-0.1, -0.05) is 12.1 Å². The van der Waals surface area contributed by atoms with Gasteiger partial charge in [0, 0.05) is 44.7 Å². The molecule has 160 valence electrons. The minimum absolute atomic E-state index is 0.115. The Hall–Kier alpha value is -2.71. The van der Waals surface area contributed by atoms with Crippen LogP contribution in [0.15, 0.2) is 24.3 Å². The van der Waals surface area contributed by atoms with Crippen LogP contribution in [0.5, 0.6) is 0 Å². The first-order valence-corrected chi connectivity index (χ1v) is 9.46. The lowest BCUT2D eigenvalue weighted by Gasteiger charge is -2.34. The highest BCUT2D eigenvalue weighted by Crippen LogP contribution is 2.27. The average Bonchev–Trinajstić information content (AvgIpc) is 2.72. The van der Waals surface area contributed by atoms with E-state index in [-0.39, 0.29) is 35.6 Å². The molecule has 9 heteroatoms. The zero-order valence-electron chi connectivity index (χ0n) is 16.9. The number of hydrogen-bond donors (Lipinski definition) is 1. The fraction of sp³-hybridized carbons (Fsp3) is 0.550. The number of benzene rings is 1. The van der Waals surface area contributed by atoms with Gasteiger partial charge in [-0.3, -0.25) is 9.59 Å². The van der Waals surface area contributed by atoms with Gasteiger partial charge in [-0.15, -0.1) is 0 Å². The van der Waals surface area contributed by atoms with Crippen molar-refractivity contribution in [3.05, 3.63) is 35.4 Å². The van der Waals surface area contributed by atoms with Gasteiger partial charge in [0.05, 0.1) is 13.7 Å². The largest absolute Gasteiger partial charge is 0.453 e. The third-order valence-electron chi connectivity index (χ3n) is 5.07. The monoisotopic (exact) mass is 411 g/mol.